The van der Waals surface area contributed by atoms with Crippen molar-refractivity contribution >= 4 is 23.0 Å². The molecular weight excluding hydrogens is 426 g/mol. The average molecular weight is 454 g/mol. The van der Waals surface area contributed by atoms with Crippen LogP contribution < -0.4 is 10.2 Å². The largest absolute Gasteiger partial charge is 0.351 e. The molecular formula is C27H27N5S. The van der Waals surface area contributed by atoms with Crippen molar-refractivity contribution in [1.82, 2.24) is 19.9 Å². The van der Waals surface area contributed by atoms with Crippen LogP contribution in [-0.2, 0) is 0 Å². The van der Waals surface area contributed by atoms with Crippen LogP contribution in [0.2, 0.25) is 0 Å². The lowest BCUT2D eigenvalue weighted by Gasteiger charge is -2.29. The van der Waals surface area contributed by atoms with E-state index in [9.17, 15) is 0 Å². The molecule has 1 N–H and O–H groups in total. The summed E-state index contributed by atoms with van der Waals surface area (Å²) in [6.45, 7) is 6.54. The normalized spacial score (nSPS) is 18.1. The molecule has 1 aromatic carbocycles. The van der Waals surface area contributed by atoms with E-state index in [1.807, 2.05) is 30.6 Å². The number of benzene rings is 1. The first-order valence-electron chi connectivity index (χ1n) is 11.2. The molecule has 33 heavy (non-hydrogen) atoms. The molecule has 4 heterocycles. The van der Waals surface area contributed by atoms with Gasteiger partial charge >= 0.3 is 0 Å². The fourth-order valence-corrected chi connectivity index (χ4v) is 4.93. The Kier molecular flexibility index (Phi) is 5.68. The molecule has 2 atom stereocenters. The Morgan fingerprint density at radius 2 is 1.73 bits per heavy atom. The quantitative estimate of drug-likeness (QED) is 0.383. The van der Waals surface area contributed by atoms with E-state index in [0.29, 0.717) is 11.0 Å². The second-order valence-corrected chi connectivity index (χ2v) is 9.08. The maximum atomic E-state index is 5.89. The van der Waals surface area contributed by atoms with Gasteiger partial charge in [-0.05, 0) is 79.2 Å². The second kappa shape index (κ2) is 8.79. The molecule has 5 rings (SSSR count). The molecule has 1 aliphatic rings. The third kappa shape index (κ3) is 3.91. The molecule has 0 amide bonds. The maximum absolute atomic E-state index is 5.89. The van der Waals surface area contributed by atoms with Gasteiger partial charge in [0, 0.05) is 29.5 Å². The van der Waals surface area contributed by atoms with Gasteiger partial charge in [0.25, 0.3) is 0 Å². The highest BCUT2D eigenvalue weighted by Crippen LogP contribution is 2.42. The van der Waals surface area contributed by atoms with Crippen molar-refractivity contribution in [3.63, 3.8) is 0 Å². The van der Waals surface area contributed by atoms with E-state index in [1.54, 1.807) is 6.20 Å². The monoisotopic (exact) mass is 453 g/mol. The highest BCUT2D eigenvalue weighted by atomic mass is 32.1. The van der Waals surface area contributed by atoms with Gasteiger partial charge in [-0.15, -0.1) is 0 Å². The van der Waals surface area contributed by atoms with Crippen LogP contribution in [0, 0.1) is 6.92 Å². The smallest absolute Gasteiger partial charge is 0.174 e. The van der Waals surface area contributed by atoms with Gasteiger partial charge < -0.3 is 14.8 Å². The highest BCUT2D eigenvalue weighted by Gasteiger charge is 2.42. The molecule has 4 aromatic rings. The van der Waals surface area contributed by atoms with Crippen LogP contribution in [0.25, 0.3) is 5.69 Å². The van der Waals surface area contributed by atoms with Crippen molar-refractivity contribution in [3.05, 3.63) is 108 Å². The van der Waals surface area contributed by atoms with Gasteiger partial charge in [0.05, 0.1) is 23.6 Å². The molecule has 0 saturated carbocycles. The van der Waals surface area contributed by atoms with E-state index >= 15 is 0 Å². The molecule has 5 nitrogen and oxygen atoms in total. The molecule has 0 spiro atoms. The molecule has 1 saturated heterocycles. The van der Waals surface area contributed by atoms with E-state index in [0.717, 1.165) is 28.5 Å². The lowest BCUT2D eigenvalue weighted by Crippen LogP contribution is -2.30. The maximum Gasteiger partial charge on any atom is 0.174 e. The van der Waals surface area contributed by atoms with Crippen molar-refractivity contribution in [2.45, 2.75) is 38.8 Å². The van der Waals surface area contributed by atoms with Gasteiger partial charge in [0.15, 0.2) is 5.11 Å². The minimum absolute atomic E-state index is 0.0776. The minimum Gasteiger partial charge on any atom is -0.351 e. The van der Waals surface area contributed by atoms with Gasteiger partial charge in [0.1, 0.15) is 6.04 Å². The summed E-state index contributed by atoms with van der Waals surface area (Å²) in [5, 5.41) is 4.26. The molecule has 0 bridgehead atoms. The van der Waals surface area contributed by atoms with Crippen LogP contribution in [0.1, 0.15) is 54.5 Å². The summed E-state index contributed by atoms with van der Waals surface area (Å²) in [7, 11) is 0. The Balaban J connectivity index is 1.67. The van der Waals surface area contributed by atoms with Crippen LogP contribution in [0.5, 0.6) is 0 Å². The molecule has 0 unspecified atom stereocenters. The predicted octanol–water partition coefficient (Wildman–Crippen LogP) is 5.88. The first-order valence-corrected chi connectivity index (χ1v) is 11.6. The summed E-state index contributed by atoms with van der Waals surface area (Å²) in [5.41, 5.74) is 6.65. The van der Waals surface area contributed by atoms with Gasteiger partial charge in [-0.3, -0.25) is 9.97 Å². The Morgan fingerprint density at radius 1 is 0.909 bits per heavy atom. The van der Waals surface area contributed by atoms with E-state index in [2.05, 4.69) is 94.1 Å². The van der Waals surface area contributed by atoms with Crippen molar-refractivity contribution in [1.29, 1.82) is 0 Å². The van der Waals surface area contributed by atoms with E-state index < -0.39 is 0 Å². The van der Waals surface area contributed by atoms with E-state index in [1.165, 1.54) is 5.56 Å². The van der Waals surface area contributed by atoms with Crippen molar-refractivity contribution < 1.29 is 0 Å². The summed E-state index contributed by atoms with van der Waals surface area (Å²) in [6, 6.07) is 23.0. The number of rotatable bonds is 5. The first kappa shape index (κ1) is 21.3. The average Bonchev–Trinajstić information content (AvgIpc) is 3.39. The topological polar surface area (TPSA) is 46.0 Å². The number of aryl methyl sites for hydroxylation is 1. The Hall–Kier alpha value is -3.51. The van der Waals surface area contributed by atoms with Crippen molar-refractivity contribution in [3.8, 4) is 5.69 Å². The molecule has 1 aliphatic heterocycles. The van der Waals surface area contributed by atoms with Gasteiger partial charge in [-0.2, -0.15) is 0 Å². The number of thiocarbonyl (C=S) groups is 1. The second-order valence-electron chi connectivity index (χ2n) is 8.69. The fraction of sp³-hybridized carbons (Fsp3) is 0.222. The lowest BCUT2D eigenvalue weighted by molar-refractivity contribution is 0.548. The summed E-state index contributed by atoms with van der Waals surface area (Å²) in [5.74, 6) is 0.477. The van der Waals surface area contributed by atoms with Gasteiger partial charge in [0.2, 0.25) is 0 Å². The predicted molar refractivity (Wildman–Crippen MR) is 137 cm³/mol. The zero-order valence-corrected chi connectivity index (χ0v) is 19.8. The van der Waals surface area contributed by atoms with Crippen LogP contribution in [0.4, 0.5) is 5.69 Å². The van der Waals surface area contributed by atoms with Crippen molar-refractivity contribution in [2.24, 2.45) is 0 Å². The summed E-state index contributed by atoms with van der Waals surface area (Å²) in [6.07, 6.45) is 5.53. The third-order valence-corrected chi connectivity index (χ3v) is 6.56. The number of anilines is 1. The number of hydrogen-bond donors (Lipinski definition) is 1. The highest BCUT2D eigenvalue weighted by molar-refractivity contribution is 7.80. The van der Waals surface area contributed by atoms with E-state index in [-0.39, 0.29) is 12.1 Å². The van der Waals surface area contributed by atoms with Crippen LogP contribution in [0.3, 0.4) is 0 Å². The number of hydrogen-bond acceptors (Lipinski definition) is 3. The summed E-state index contributed by atoms with van der Waals surface area (Å²) < 4.78 is 2.26. The molecule has 0 aliphatic carbocycles. The Morgan fingerprint density at radius 3 is 2.39 bits per heavy atom. The Labute approximate surface area is 200 Å². The fourth-order valence-electron chi connectivity index (χ4n) is 4.58. The molecule has 6 heteroatoms. The zero-order chi connectivity index (χ0) is 22.9. The van der Waals surface area contributed by atoms with Crippen LogP contribution in [-0.4, -0.2) is 19.6 Å². The molecule has 3 aromatic heterocycles. The Bertz CT molecular complexity index is 1250. The van der Waals surface area contributed by atoms with Gasteiger partial charge in [-0.1, -0.05) is 32.0 Å². The zero-order valence-electron chi connectivity index (χ0n) is 19.0. The molecule has 0 radical (unpaired) electrons. The minimum atomic E-state index is -0.0896. The molecule has 166 valence electrons. The number of aromatic nitrogens is 3. The molecule has 1 fully saturated rings. The standard InChI is InChI=1S/C27H27N5S/c1-18(2)20-10-12-21(13-11-20)32-26(25(30-27(32)33)23-8-4-5-16-29-23)24-14-9-19(3)31(24)22-7-6-15-28-17-22/h4-18,25-26H,1-3H3,(H,30,33)/t25-,26-/m1/s1. The first-order chi connectivity index (χ1) is 16.0. The van der Waals surface area contributed by atoms with Crippen LogP contribution in [0.15, 0.2) is 85.3 Å². The van der Waals surface area contributed by atoms with Gasteiger partial charge in [-0.25, -0.2) is 0 Å². The van der Waals surface area contributed by atoms with E-state index in [4.69, 9.17) is 12.2 Å². The van der Waals surface area contributed by atoms with Crippen LogP contribution >= 0.6 is 12.2 Å². The third-order valence-electron chi connectivity index (χ3n) is 6.25. The number of pyridine rings is 2. The SMILES string of the molecule is Cc1ccc([C@@H]2[C@@H](c3ccccn3)NC(=S)N2c2ccc(C(C)C)cc2)n1-c1cccnc1. The van der Waals surface area contributed by atoms with Crippen molar-refractivity contribution in [2.75, 3.05) is 4.90 Å². The number of nitrogens with one attached hydrogen (secondary N) is 1. The summed E-state index contributed by atoms with van der Waals surface area (Å²) in [4.78, 5) is 11.3. The lowest BCUT2D eigenvalue weighted by atomic mass is 9.99. The summed E-state index contributed by atoms with van der Waals surface area (Å²) >= 11 is 5.89. The number of nitrogens with zero attached hydrogens (tertiary/aromatic N) is 4.